The first-order valence-electron chi connectivity index (χ1n) is 3.76. The summed E-state index contributed by atoms with van der Waals surface area (Å²) in [6.07, 6.45) is 2.11. The molecule has 0 aromatic heterocycles. The molecule has 1 rings (SSSR count). The van der Waals surface area contributed by atoms with E-state index in [4.69, 9.17) is 16.7 Å². The molecular formula is C7H12ClNO2. The molecule has 11 heavy (non-hydrogen) atoms. The van der Waals surface area contributed by atoms with Crippen LogP contribution in [0.1, 0.15) is 12.8 Å². The van der Waals surface area contributed by atoms with Crippen molar-refractivity contribution in [3.8, 4) is 0 Å². The summed E-state index contributed by atoms with van der Waals surface area (Å²) >= 11 is 5.65. The monoisotopic (exact) mass is 177 g/mol. The number of alkyl halides is 1. The van der Waals surface area contributed by atoms with E-state index in [9.17, 15) is 4.79 Å². The van der Waals surface area contributed by atoms with Crippen LogP contribution in [0.3, 0.4) is 0 Å². The minimum Gasteiger partial charge on any atom is -0.480 e. The molecule has 4 heteroatoms. The SMILES string of the molecule is O=C(O)CN1CCC[C@H]1CCl. The van der Waals surface area contributed by atoms with Crippen molar-refractivity contribution in [2.24, 2.45) is 0 Å². The molecule has 0 aromatic rings. The number of carboxylic acids is 1. The second kappa shape index (κ2) is 3.93. The molecule has 1 fully saturated rings. The summed E-state index contributed by atoms with van der Waals surface area (Å²) < 4.78 is 0. The Bertz CT molecular complexity index is 151. The Hall–Kier alpha value is -0.280. The van der Waals surface area contributed by atoms with Crippen molar-refractivity contribution in [1.82, 2.24) is 4.90 Å². The predicted octanol–water partition coefficient (Wildman–Crippen LogP) is 0.774. The van der Waals surface area contributed by atoms with E-state index >= 15 is 0 Å². The van der Waals surface area contributed by atoms with Gasteiger partial charge in [0.2, 0.25) is 0 Å². The van der Waals surface area contributed by atoms with Gasteiger partial charge in [-0.1, -0.05) is 0 Å². The lowest BCUT2D eigenvalue weighted by Gasteiger charge is -2.19. The number of nitrogens with zero attached hydrogens (tertiary/aromatic N) is 1. The van der Waals surface area contributed by atoms with Crippen LogP contribution in [-0.2, 0) is 4.79 Å². The molecule has 1 saturated heterocycles. The van der Waals surface area contributed by atoms with E-state index in [2.05, 4.69) is 0 Å². The van der Waals surface area contributed by atoms with E-state index < -0.39 is 5.97 Å². The Kier molecular flexibility index (Phi) is 3.15. The number of likely N-dealkylation sites (tertiary alicyclic amines) is 1. The molecule has 0 saturated carbocycles. The average Bonchev–Trinajstić information content (AvgIpc) is 2.34. The van der Waals surface area contributed by atoms with E-state index in [0.29, 0.717) is 5.88 Å². The van der Waals surface area contributed by atoms with Crippen molar-refractivity contribution in [3.63, 3.8) is 0 Å². The highest BCUT2D eigenvalue weighted by molar-refractivity contribution is 6.18. The second-order valence-corrected chi connectivity index (χ2v) is 3.12. The molecule has 0 aromatic carbocycles. The van der Waals surface area contributed by atoms with Gasteiger partial charge in [0.05, 0.1) is 6.54 Å². The molecule has 0 unspecified atom stereocenters. The third kappa shape index (κ3) is 2.34. The number of rotatable bonds is 3. The maximum absolute atomic E-state index is 10.3. The van der Waals surface area contributed by atoms with Gasteiger partial charge >= 0.3 is 5.97 Å². The average molecular weight is 178 g/mol. The summed E-state index contributed by atoms with van der Waals surface area (Å²) in [5, 5.41) is 8.50. The molecule has 64 valence electrons. The molecule has 0 spiro atoms. The van der Waals surface area contributed by atoms with Crippen LogP contribution in [0.25, 0.3) is 0 Å². The first-order chi connectivity index (χ1) is 5.24. The standard InChI is InChI=1S/C7H12ClNO2/c8-4-6-2-1-3-9(6)5-7(10)11/h6H,1-5H2,(H,10,11)/t6-/m0/s1. The molecule has 1 aliphatic rings. The molecule has 1 N–H and O–H groups in total. The molecule has 0 aliphatic carbocycles. The van der Waals surface area contributed by atoms with Gasteiger partial charge < -0.3 is 5.11 Å². The number of carboxylic acid groups (broad SMARTS) is 1. The molecule has 3 nitrogen and oxygen atoms in total. The third-order valence-corrected chi connectivity index (χ3v) is 2.37. The van der Waals surface area contributed by atoms with Crippen molar-refractivity contribution >= 4 is 17.6 Å². The van der Waals surface area contributed by atoms with Crippen molar-refractivity contribution in [3.05, 3.63) is 0 Å². The van der Waals surface area contributed by atoms with Gasteiger partial charge in [-0.2, -0.15) is 0 Å². The molecule has 1 heterocycles. The maximum Gasteiger partial charge on any atom is 0.317 e. The van der Waals surface area contributed by atoms with Crippen LogP contribution in [0.5, 0.6) is 0 Å². The minimum absolute atomic E-state index is 0.136. The molecular weight excluding hydrogens is 166 g/mol. The fourth-order valence-corrected chi connectivity index (χ4v) is 1.80. The van der Waals surface area contributed by atoms with Crippen molar-refractivity contribution in [2.45, 2.75) is 18.9 Å². The fourth-order valence-electron chi connectivity index (χ4n) is 1.45. The van der Waals surface area contributed by atoms with Gasteiger partial charge in [0.1, 0.15) is 0 Å². The number of halogens is 1. The van der Waals surface area contributed by atoms with E-state index in [1.807, 2.05) is 4.90 Å². The van der Waals surface area contributed by atoms with Crippen LogP contribution >= 0.6 is 11.6 Å². The van der Waals surface area contributed by atoms with Gasteiger partial charge in [-0.25, -0.2) is 0 Å². The van der Waals surface area contributed by atoms with Gasteiger partial charge in [-0.05, 0) is 19.4 Å². The Morgan fingerprint density at radius 3 is 3.00 bits per heavy atom. The lowest BCUT2D eigenvalue weighted by molar-refractivity contribution is -0.138. The third-order valence-electron chi connectivity index (χ3n) is 2.02. The largest absolute Gasteiger partial charge is 0.480 e. The highest BCUT2D eigenvalue weighted by Gasteiger charge is 2.24. The Morgan fingerprint density at radius 2 is 2.45 bits per heavy atom. The van der Waals surface area contributed by atoms with E-state index in [-0.39, 0.29) is 12.6 Å². The molecule has 0 amide bonds. The quantitative estimate of drug-likeness (QED) is 0.648. The molecule has 0 radical (unpaired) electrons. The first-order valence-corrected chi connectivity index (χ1v) is 4.29. The topological polar surface area (TPSA) is 40.5 Å². The van der Waals surface area contributed by atoms with E-state index in [1.165, 1.54) is 0 Å². The van der Waals surface area contributed by atoms with Gasteiger partial charge in [-0.3, -0.25) is 9.69 Å². The highest BCUT2D eigenvalue weighted by atomic mass is 35.5. The number of carbonyl (C=O) groups is 1. The number of hydrogen-bond donors (Lipinski definition) is 1. The summed E-state index contributed by atoms with van der Waals surface area (Å²) in [7, 11) is 0. The summed E-state index contributed by atoms with van der Waals surface area (Å²) in [6, 6.07) is 0.285. The smallest absolute Gasteiger partial charge is 0.317 e. The van der Waals surface area contributed by atoms with Crippen LogP contribution in [0.2, 0.25) is 0 Å². The number of hydrogen-bond acceptors (Lipinski definition) is 2. The predicted molar refractivity (Wildman–Crippen MR) is 43.0 cm³/mol. The molecule has 0 bridgehead atoms. The van der Waals surface area contributed by atoms with E-state index in [1.54, 1.807) is 0 Å². The van der Waals surface area contributed by atoms with Gasteiger partial charge in [-0.15, -0.1) is 11.6 Å². The van der Waals surface area contributed by atoms with Crippen LogP contribution < -0.4 is 0 Å². The van der Waals surface area contributed by atoms with Gasteiger partial charge in [0.25, 0.3) is 0 Å². The Balaban J connectivity index is 2.37. The van der Waals surface area contributed by atoms with Crippen LogP contribution in [0.15, 0.2) is 0 Å². The van der Waals surface area contributed by atoms with Crippen molar-refractivity contribution in [2.75, 3.05) is 19.0 Å². The summed E-state index contributed by atoms with van der Waals surface area (Å²) in [6.45, 7) is 1.01. The van der Waals surface area contributed by atoms with Crippen LogP contribution in [0, 0.1) is 0 Å². The maximum atomic E-state index is 10.3. The minimum atomic E-state index is -0.762. The van der Waals surface area contributed by atoms with E-state index in [0.717, 1.165) is 19.4 Å². The Labute approximate surface area is 70.9 Å². The zero-order valence-corrected chi connectivity index (χ0v) is 7.05. The van der Waals surface area contributed by atoms with Gasteiger partial charge in [0.15, 0.2) is 0 Å². The fraction of sp³-hybridized carbons (Fsp3) is 0.857. The number of aliphatic carboxylic acids is 1. The molecule has 1 aliphatic heterocycles. The van der Waals surface area contributed by atoms with Crippen LogP contribution in [-0.4, -0.2) is 41.0 Å². The summed E-state index contributed by atoms with van der Waals surface area (Å²) in [4.78, 5) is 12.3. The zero-order valence-electron chi connectivity index (χ0n) is 6.29. The lowest BCUT2D eigenvalue weighted by Crippen LogP contribution is -2.35. The van der Waals surface area contributed by atoms with Gasteiger partial charge in [0, 0.05) is 11.9 Å². The highest BCUT2D eigenvalue weighted by Crippen LogP contribution is 2.17. The van der Waals surface area contributed by atoms with Crippen LogP contribution in [0.4, 0.5) is 0 Å². The lowest BCUT2D eigenvalue weighted by atomic mass is 10.2. The second-order valence-electron chi connectivity index (χ2n) is 2.81. The van der Waals surface area contributed by atoms with Crippen molar-refractivity contribution < 1.29 is 9.90 Å². The summed E-state index contributed by atoms with van der Waals surface area (Å²) in [5.74, 6) is -0.213. The first kappa shape index (κ1) is 8.81. The molecule has 1 atom stereocenters. The zero-order chi connectivity index (χ0) is 8.27. The Morgan fingerprint density at radius 1 is 1.73 bits per heavy atom. The normalized spacial score (nSPS) is 25.7. The summed E-state index contributed by atoms with van der Waals surface area (Å²) in [5.41, 5.74) is 0. The van der Waals surface area contributed by atoms with Crippen molar-refractivity contribution in [1.29, 1.82) is 0 Å².